The van der Waals surface area contributed by atoms with Gasteiger partial charge in [-0.15, -0.1) is 0 Å². The van der Waals surface area contributed by atoms with Gasteiger partial charge in [0.25, 0.3) is 5.91 Å². The third-order valence-corrected chi connectivity index (χ3v) is 3.01. The molecule has 19 heavy (non-hydrogen) atoms. The molecule has 98 valence electrons. The molecule has 0 fully saturated rings. The molecule has 0 saturated carbocycles. The van der Waals surface area contributed by atoms with E-state index in [2.05, 4.69) is 10.1 Å². The van der Waals surface area contributed by atoms with Crippen LogP contribution in [0.4, 0.5) is 5.95 Å². The van der Waals surface area contributed by atoms with Crippen molar-refractivity contribution in [1.29, 1.82) is 0 Å². The second kappa shape index (κ2) is 4.72. The monoisotopic (exact) mass is 258 g/mol. The Balaban J connectivity index is 1.77. The summed E-state index contributed by atoms with van der Waals surface area (Å²) in [7, 11) is 0. The van der Waals surface area contributed by atoms with Crippen LogP contribution in [-0.4, -0.2) is 27.2 Å². The Bertz CT molecular complexity index is 626. The molecule has 3 heterocycles. The van der Waals surface area contributed by atoms with Crippen LogP contribution in [0.15, 0.2) is 29.0 Å². The van der Waals surface area contributed by atoms with Gasteiger partial charge in [0.15, 0.2) is 0 Å². The van der Waals surface area contributed by atoms with E-state index in [-0.39, 0.29) is 5.91 Å². The van der Waals surface area contributed by atoms with Gasteiger partial charge in [0.2, 0.25) is 5.95 Å². The summed E-state index contributed by atoms with van der Waals surface area (Å²) in [6.07, 6.45) is 5.53. The van der Waals surface area contributed by atoms with Crippen molar-refractivity contribution in [3.8, 4) is 0 Å². The zero-order chi connectivity index (χ0) is 13.2. The highest BCUT2D eigenvalue weighted by atomic mass is 16.3. The van der Waals surface area contributed by atoms with Gasteiger partial charge in [-0.3, -0.25) is 9.69 Å². The summed E-state index contributed by atoms with van der Waals surface area (Å²) in [5.41, 5.74) is 0. The molecule has 0 bridgehead atoms. The minimum Gasteiger partial charge on any atom is -0.462 e. The third-order valence-electron chi connectivity index (χ3n) is 3.01. The first-order chi connectivity index (χ1) is 9.24. The lowest BCUT2D eigenvalue weighted by Gasteiger charge is -2.24. The Kier molecular flexibility index (Phi) is 2.91. The average molecular weight is 258 g/mol. The lowest BCUT2D eigenvalue weighted by Crippen LogP contribution is -2.37. The van der Waals surface area contributed by atoms with Gasteiger partial charge in [-0.2, -0.15) is 10.1 Å². The van der Waals surface area contributed by atoms with E-state index in [4.69, 9.17) is 4.42 Å². The van der Waals surface area contributed by atoms with Crippen LogP contribution in [0.25, 0.3) is 6.08 Å². The van der Waals surface area contributed by atoms with Crippen molar-refractivity contribution < 1.29 is 9.21 Å². The smallest absolute Gasteiger partial charge is 0.253 e. The second-order valence-electron chi connectivity index (χ2n) is 4.41. The maximum absolute atomic E-state index is 12.2. The van der Waals surface area contributed by atoms with Gasteiger partial charge in [-0.05, 0) is 31.6 Å². The summed E-state index contributed by atoms with van der Waals surface area (Å²) < 4.78 is 7.13. The molecule has 0 saturated heterocycles. The fourth-order valence-corrected chi connectivity index (χ4v) is 2.10. The lowest BCUT2D eigenvalue weighted by molar-refractivity contribution is -0.114. The maximum Gasteiger partial charge on any atom is 0.253 e. The average Bonchev–Trinajstić information content (AvgIpc) is 3.03. The number of carbonyl (C=O) groups is 1. The topological polar surface area (TPSA) is 64.2 Å². The van der Waals surface area contributed by atoms with Gasteiger partial charge in [0.05, 0.1) is 0 Å². The van der Waals surface area contributed by atoms with Crippen molar-refractivity contribution in [3.63, 3.8) is 0 Å². The highest BCUT2D eigenvalue weighted by Gasteiger charge is 2.22. The molecular formula is C13H14N4O2. The molecular weight excluding hydrogens is 244 g/mol. The first kappa shape index (κ1) is 11.7. The van der Waals surface area contributed by atoms with Gasteiger partial charge in [-0.25, -0.2) is 4.68 Å². The van der Waals surface area contributed by atoms with Gasteiger partial charge in [0.1, 0.15) is 17.8 Å². The number of aromatic nitrogens is 3. The number of aryl methyl sites for hydroxylation is 2. The van der Waals surface area contributed by atoms with Crippen LogP contribution in [0.3, 0.4) is 0 Å². The van der Waals surface area contributed by atoms with E-state index in [1.807, 2.05) is 19.1 Å². The van der Waals surface area contributed by atoms with Crippen molar-refractivity contribution >= 4 is 17.9 Å². The summed E-state index contributed by atoms with van der Waals surface area (Å²) in [6, 6.07) is 3.69. The summed E-state index contributed by atoms with van der Waals surface area (Å²) >= 11 is 0. The van der Waals surface area contributed by atoms with Crippen LogP contribution in [0, 0.1) is 6.92 Å². The minimum atomic E-state index is -0.108. The quantitative estimate of drug-likeness (QED) is 0.768. The molecule has 6 heteroatoms. The predicted molar refractivity (Wildman–Crippen MR) is 69.5 cm³/mol. The SMILES string of the molecule is Cc1ccc(/C=C\C(=O)N2CCCn3ncnc32)o1. The zero-order valence-corrected chi connectivity index (χ0v) is 10.6. The van der Waals surface area contributed by atoms with Gasteiger partial charge < -0.3 is 4.42 Å². The van der Waals surface area contributed by atoms with E-state index in [0.29, 0.717) is 18.3 Å². The standard InChI is InChI=1S/C13H14N4O2/c1-10-3-4-11(19-10)5-6-12(18)16-7-2-8-17-13(16)14-9-15-17/h3-6,9H,2,7-8H2,1H3/b6-5-. The highest BCUT2D eigenvalue weighted by molar-refractivity contribution is 6.02. The molecule has 1 aliphatic heterocycles. The van der Waals surface area contributed by atoms with Gasteiger partial charge in [0, 0.05) is 19.2 Å². The number of anilines is 1. The highest BCUT2D eigenvalue weighted by Crippen LogP contribution is 2.17. The molecule has 0 unspecified atom stereocenters. The van der Waals surface area contributed by atoms with E-state index in [1.165, 1.54) is 12.4 Å². The Morgan fingerprint density at radius 3 is 3.11 bits per heavy atom. The number of hydrogen-bond acceptors (Lipinski definition) is 4. The predicted octanol–water partition coefficient (Wildman–Crippen LogP) is 1.63. The number of fused-ring (bicyclic) bond motifs is 1. The Labute approximate surface area is 110 Å². The van der Waals surface area contributed by atoms with Crippen LogP contribution in [0.1, 0.15) is 17.9 Å². The maximum atomic E-state index is 12.2. The summed E-state index contributed by atoms with van der Waals surface area (Å²) in [6.45, 7) is 3.34. The number of amides is 1. The van der Waals surface area contributed by atoms with Crippen molar-refractivity contribution in [3.05, 3.63) is 36.1 Å². The van der Waals surface area contributed by atoms with Crippen molar-refractivity contribution in [2.24, 2.45) is 0 Å². The number of hydrogen-bond donors (Lipinski definition) is 0. The number of nitrogens with zero attached hydrogens (tertiary/aromatic N) is 4. The van der Waals surface area contributed by atoms with E-state index in [9.17, 15) is 4.79 Å². The van der Waals surface area contributed by atoms with Crippen molar-refractivity contribution in [1.82, 2.24) is 14.8 Å². The van der Waals surface area contributed by atoms with Gasteiger partial charge >= 0.3 is 0 Å². The Morgan fingerprint density at radius 1 is 1.42 bits per heavy atom. The first-order valence-corrected chi connectivity index (χ1v) is 6.18. The van der Waals surface area contributed by atoms with E-state index < -0.39 is 0 Å². The van der Waals surface area contributed by atoms with Gasteiger partial charge in [-0.1, -0.05) is 0 Å². The van der Waals surface area contributed by atoms with E-state index in [1.54, 1.807) is 15.7 Å². The third kappa shape index (κ3) is 2.29. The van der Waals surface area contributed by atoms with Crippen LogP contribution < -0.4 is 4.90 Å². The molecule has 1 aliphatic rings. The molecule has 0 aromatic carbocycles. The fourth-order valence-electron chi connectivity index (χ4n) is 2.10. The second-order valence-corrected chi connectivity index (χ2v) is 4.41. The van der Waals surface area contributed by atoms with Crippen molar-refractivity contribution in [2.45, 2.75) is 19.9 Å². The molecule has 2 aromatic rings. The molecule has 1 amide bonds. The van der Waals surface area contributed by atoms with Crippen LogP contribution in [-0.2, 0) is 11.3 Å². The lowest BCUT2D eigenvalue weighted by atomic mass is 10.3. The summed E-state index contributed by atoms with van der Waals surface area (Å²) in [5, 5.41) is 4.08. The normalized spacial score (nSPS) is 14.9. The number of furan rings is 1. The van der Waals surface area contributed by atoms with E-state index in [0.717, 1.165) is 18.7 Å². The number of carbonyl (C=O) groups excluding carboxylic acids is 1. The van der Waals surface area contributed by atoms with E-state index >= 15 is 0 Å². The first-order valence-electron chi connectivity index (χ1n) is 6.18. The van der Waals surface area contributed by atoms with Crippen LogP contribution >= 0.6 is 0 Å². The molecule has 0 atom stereocenters. The van der Waals surface area contributed by atoms with Crippen molar-refractivity contribution in [2.75, 3.05) is 11.4 Å². The molecule has 2 aromatic heterocycles. The molecule has 0 spiro atoms. The molecule has 0 N–H and O–H groups in total. The minimum absolute atomic E-state index is 0.108. The molecule has 0 radical (unpaired) electrons. The summed E-state index contributed by atoms with van der Waals surface area (Å²) in [4.78, 5) is 17.9. The molecule has 6 nitrogen and oxygen atoms in total. The largest absolute Gasteiger partial charge is 0.462 e. The molecule has 0 aliphatic carbocycles. The zero-order valence-electron chi connectivity index (χ0n) is 10.6. The fraction of sp³-hybridized carbons (Fsp3) is 0.308. The Morgan fingerprint density at radius 2 is 2.32 bits per heavy atom. The van der Waals surface area contributed by atoms with Crippen LogP contribution in [0.5, 0.6) is 0 Å². The van der Waals surface area contributed by atoms with Crippen LogP contribution in [0.2, 0.25) is 0 Å². The summed E-state index contributed by atoms with van der Waals surface area (Å²) in [5.74, 6) is 1.99. The Hall–Kier alpha value is -2.37. The number of rotatable bonds is 2. The molecule has 3 rings (SSSR count).